The Morgan fingerprint density at radius 2 is 2.15 bits per heavy atom. The van der Waals surface area contributed by atoms with Gasteiger partial charge in [0, 0.05) is 14.8 Å². The number of nitrogens with one attached hydrogen (secondary N) is 1. The van der Waals surface area contributed by atoms with Crippen LogP contribution >= 0.6 is 22.6 Å². The van der Waals surface area contributed by atoms with Gasteiger partial charge in [-0.3, -0.25) is 10.3 Å². The molecule has 3 heteroatoms. The number of halogens is 1. The summed E-state index contributed by atoms with van der Waals surface area (Å²) in [6, 6.07) is 8.23. The fourth-order valence-electron chi connectivity index (χ4n) is 1.31. The zero-order valence-corrected chi connectivity index (χ0v) is 9.41. The van der Waals surface area contributed by atoms with Gasteiger partial charge in [-0.05, 0) is 41.7 Å². The molecule has 2 rings (SSSR count). The van der Waals surface area contributed by atoms with Crippen LogP contribution in [0.15, 0.2) is 36.0 Å². The van der Waals surface area contributed by atoms with Crippen LogP contribution in [0.3, 0.4) is 0 Å². The standard InChI is InChI=1S/C10H10INO/c1-7-6-10(13-12-7)8-4-2-3-5-9(8)11/h2-6,10,12H,1H3. The van der Waals surface area contributed by atoms with E-state index in [2.05, 4.69) is 46.3 Å². The molecule has 1 aromatic rings. The lowest BCUT2D eigenvalue weighted by Gasteiger charge is -2.09. The Labute approximate surface area is 91.1 Å². The average molecular weight is 287 g/mol. The van der Waals surface area contributed by atoms with Crippen molar-refractivity contribution in [3.8, 4) is 0 Å². The minimum atomic E-state index is 0.0631. The van der Waals surface area contributed by atoms with Crippen LogP contribution < -0.4 is 5.48 Å². The maximum atomic E-state index is 5.38. The van der Waals surface area contributed by atoms with Crippen LogP contribution in [-0.2, 0) is 4.84 Å². The van der Waals surface area contributed by atoms with Crippen LogP contribution in [-0.4, -0.2) is 0 Å². The van der Waals surface area contributed by atoms with Crippen molar-refractivity contribution in [2.45, 2.75) is 13.0 Å². The van der Waals surface area contributed by atoms with Crippen molar-refractivity contribution >= 4 is 22.6 Å². The van der Waals surface area contributed by atoms with E-state index >= 15 is 0 Å². The minimum absolute atomic E-state index is 0.0631. The molecule has 1 heterocycles. The molecule has 0 aliphatic carbocycles. The summed E-state index contributed by atoms with van der Waals surface area (Å²) in [6.45, 7) is 2.00. The predicted octanol–water partition coefficient (Wildman–Crippen LogP) is 2.77. The Kier molecular flexibility index (Phi) is 2.55. The Morgan fingerprint density at radius 3 is 2.77 bits per heavy atom. The van der Waals surface area contributed by atoms with Crippen molar-refractivity contribution < 1.29 is 4.84 Å². The number of allylic oxidation sites excluding steroid dienone is 1. The molecule has 13 heavy (non-hydrogen) atoms. The minimum Gasteiger partial charge on any atom is -0.271 e. The van der Waals surface area contributed by atoms with E-state index in [9.17, 15) is 0 Å². The van der Waals surface area contributed by atoms with E-state index in [1.165, 1.54) is 9.13 Å². The highest BCUT2D eigenvalue weighted by Gasteiger charge is 2.17. The fourth-order valence-corrected chi connectivity index (χ4v) is 2.00. The summed E-state index contributed by atoms with van der Waals surface area (Å²) >= 11 is 2.32. The second kappa shape index (κ2) is 3.67. The topological polar surface area (TPSA) is 21.3 Å². The van der Waals surface area contributed by atoms with Crippen molar-refractivity contribution in [1.29, 1.82) is 0 Å². The Hall–Kier alpha value is -0.550. The van der Waals surface area contributed by atoms with Crippen LogP contribution in [0.25, 0.3) is 0 Å². The third-order valence-corrected chi connectivity index (χ3v) is 2.94. The highest BCUT2D eigenvalue weighted by molar-refractivity contribution is 14.1. The summed E-state index contributed by atoms with van der Waals surface area (Å²) in [7, 11) is 0. The second-order valence-electron chi connectivity index (χ2n) is 3.01. The second-order valence-corrected chi connectivity index (χ2v) is 4.17. The van der Waals surface area contributed by atoms with E-state index in [4.69, 9.17) is 4.84 Å². The number of benzene rings is 1. The third kappa shape index (κ3) is 1.86. The molecular formula is C10H10INO. The van der Waals surface area contributed by atoms with Crippen molar-refractivity contribution in [3.63, 3.8) is 0 Å². The highest BCUT2D eigenvalue weighted by atomic mass is 127. The third-order valence-electron chi connectivity index (χ3n) is 1.96. The number of hydrogen-bond donors (Lipinski definition) is 1. The molecule has 0 spiro atoms. The lowest BCUT2D eigenvalue weighted by atomic mass is 10.1. The first-order valence-electron chi connectivity index (χ1n) is 4.12. The van der Waals surface area contributed by atoms with Crippen LogP contribution in [0.5, 0.6) is 0 Å². The molecule has 0 saturated heterocycles. The van der Waals surface area contributed by atoms with Gasteiger partial charge in [0.1, 0.15) is 6.10 Å². The Balaban J connectivity index is 2.31. The van der Waals surface area contributed by atoms with Gasteiger partial charge in [0.25, 0.3) is 0 Å². The van der Waals surface area contributed by atoms with Gasteiger partial charge in [0.15, 0.2) is 0 Å². The van der Waals surface area contributed by atoms with Crippen LogP contribution in [0.2, 0.25) is 0 Å². The summed E-state index contributed by atoms with van der Waals surface area (Å²) in [4.78, 5) is 5.38. The predicted molar refractivity (Wildman–Crippen MR) is 59.9 cm³/mol. The van der Waals surface area contributed by atoms with Gasteiger partial charge < -0.3 is 0 Å². The molecule has 0 aromatic heterocycles. The number of hydroxylamine groups is 1. The molecule has 0 radical (unpaired) electrons. The van der Waals surface area contributed by atoms with Crippen molar-refractivity contribution in [1.82, 2.24) is 5.48 Å². The molecule has 0 amide bonds. The first-order chi connectivity index (χ1) is 6.27. The number of rotatable bonds is 1. The van der Waals surface area contributed by atoms with E-state index in [0.717, 1.165) is 5.70 Å². The van der Waals surface area contributed by atoms with E-state index < -0.39 is 0 Å². The van der Waals surface area contributed by atoms with Crippen molar-refractivity contribution in [2.24, 2.45) is 0 Å². The van der Waals surface area contributed by atoms with Crippen molar-refractivity contribution in [3.05, 3.63) is 45.2 Å². The highest BCUT2D eigenvalue weighted by Crippen LogP contribution is 2.27. The van der Waals surface area contributed by atoms with Crippen LogP contribution in [0.1, 0.15) is 18.6 Å². The maximum absolute atomic E-state index is 5.38. The fraction of sp³-hybridized carbons (Fsp3) is 0.200. The molecule has 0 saturated carbocycles. The molecule has 0 fully saturated rings. The van der Waals surface area contributed by atoms with Crippen LogP contribution in [0, 0.1) is 3.57 Å². The Bertz CT molecular complexity index is 349. The van der Waals surface area contributed by atoms with E-state index in [1.807, 2.05) is 19.1 Å². The number of hydrogen-bond acceptors (Lipinski definition) is 2. The molecular weight excluding hydrogens is 277 g/mol. The van der Waals surface area contributed by atoms with Gasteiger partial charge in [-0.15, -0.1) is 0 Å². The van der Waals surface area contributed by atoms with Gasteiger partial charge in [-0.1, -0.05) is 18.2 Å². The summed E-state index contributed by atoms with van der Waals surface area (Å²) < 4.78 is 1.23. The molecule has 0 bridgehead atoms. The lowest BCUT2D eigenvalue weighted by Crippen LogP contribution is -2.07. The normalized spacial score (nSPS) is 21.1. The molecule has 1 aromatic carbocycles. The summed E-state index contributed by atoms with van der Waals surface area (Å²) in [5.74, 6) is 0. The maximum Gasteiger partial charge on any atom is 0.132 e. The first kappa shape index (κ1) is 9.02. The van der Waals surface area contributed by atoms with Gasteiger partial charge in [0.2, 0.25) is 0 Å². The zero-order chi connectivity index (χ0) is 9.26. The van der Waals surface area contributed by atoms with Gasteiger partial charge >= 0.3 is 0 Å². The monoisotopic (exact) mass is 287 g/mol. The SMILES string of the molecule is CC1=CC(c2ccccc2I)ON1. The van der Waals surface area contributed by atoms with E-state index in [1.54, 1.807) is 0 Å². The summed E-state index contributed by atoms with van der Waals surface area (Å²) in [6.07, 6.45) is 2.14. The summed E-state index contributed by atoms with van der Waals surface area (Å²) in [5.41, 5.74) is 5.14. The molecule has 68 valence electrons. The molecule has 2 nitrogen and oxygen atoms in total. The molecule has 1 atom stereocenters. The first-order valence-corrected chi connectivity index (χ1v) is 5.20. The van der Waals surface area contributed by atoms with Gasteiger partial charge in [-0.2, -0.15) is 0 Å². The quantitative estimate of drug-likeness (QED) is 0.802. The van der Waals surface area contributed by atoms with Gasteiger partial charge in [-0.25, -0.2) is 0 Å². The molecule has 1 unspecified atom stereocenters. The smallest absolute Gasteiger partial charge is 0.132 e. The largest absolute Gasteiger partial charge is 0.271 e. The molecule has 1 aliphatic rings. The van der Waals surface area contributed by atoms with Crippen molar-refractivity contribution in [2.75, 3.05) is 0 Å². The molecule has 1 aliphatic heterocycles. The summed E-state index contributed by atoms with van der Waals surface area (Å²) in [5, 5.41) is 0. The lowest BCUT2D eigenvalue weighted by molar-refractivity contribution is 0.0417. The van der Waals surface area contributed by atoms with E-state index in [-0.39, 0.29) is 6.10 Å². The van der Waals surface area contributed by atoms with E-state index in [0.29, 0.717) is 0 Å². The average Bonchev–Trinajstić information content (AvgIpc) is 2.53. The zero-order valence-electron chi connectivity index (χ0n) is 7.25. The van der Waals surface area contributed by atoms with Crippen LogP contribution in [0.4, 0.5) is 0 Å². The Morgan fingerprint density at radius 1 is 1.38 bits per heavy atom. The van der Waals surface area contributed by atoms with Gasteiger partial charge in [0.05, 0.1) is 0 Å². The molecule has 1 N–H and O–H groups in total.